The first-order chi connectivity index (χ1) is 7.11. The lowest BCUT2D eigenvalue weighted by molar-refractivity contribution is 0.125. The Kier molecular flexibility index (Phi) is 4.72. The summed E-state index contributed by atoms with van der Waals surface area (Å²) in [6, 6.07) is 6.04. The van der Waals surface area contributed by atoms with Crippen LogP contribution in [0, 0.1) is 6.92 Å². The summed E-state index contributed by atoms with van der Waals surface area (Å²) in [5, 5.41) is 9.32. The van der Waals surface area contributed by atoms with Crippen LogP contribution in [-0.4, -0.2) is 34.2 Å². The van der Waals surface area contributed by atoms with Crippen molar-refractivity contribution in [1.29, 1.82) is 0 Å². The minimum absolute atomic E-state index is 0.283. The first kappa shape index (κ1) is 12.1. The van der Waals surface area contributed by atoms with Crippen molar-refractivity contribution in [2.45, 2.75) is 33.4 Å². The lowest BCUT2D eigenvalue weighted by Crippen LogP contribution is -2.30. The van der Waals surface area contributed by atoms with Crippen LogP contribution in [0.2, 0.25) is 0 Å². The molecule has 1 rings (SSSR count). The minimum atomic E-state index is -0.283. The number of hydrogen-bond acceptors (Lipinski definition) is 3. The van der Waals surface area contributed by atoms with Gasteiger partial charge in [0, 0.05) is 18.8 Å². The van der Waals surface area contributed by atoms with Crippen LogP contribution < -0.4 is 0 Å². The van der Waals surface area contributed by atoms with Crippen molar-refractivity contribution in [1.82, 2.24) is 9.88 Å². The van der Waals surface area contributed by atoms with E-state index in [-0.39, 0.29) is 6.10 Å². The van der Waals surface area contributed by atoms with Crippen molar-refractivity contribution in [3.63, 3.8) is 0 Å². The fraction of sp³-hybridized carbons (Fsp3) is 0.583. The third-order valence-corrected chi connectivity index (χ3v) is 2.30. The van der Waals surface area contributed by atoms with Crippen molar-refractivity contribution >= 4 is 0 Å². The van der Waals surface area contributed by atoms with E-state index in [4.69, 9.17) is 0 Å². The van der Waals surface area contributed by atoms with Crippen LogP contribution >= 0.6 is 0 Å². The maximum Gasteiger partial charge on any atom is 0.0639 e. The summed E-state index contributed by atoms with van der Waals surface area (Å²) in [6.07, 6.45) is -0.283. The Labute approximate surface area is 91.8 Å². The molecule has 0 bridgehead atoms. The number of likely N-dealkylation sites (N-methyl/N-ethyl adjacent to an activating group) is 1. The molecule has 0 aliphatic heterocycles. The van der Waals surface area contributed by atoms with Crippen LogP contribution in [0.25, 0.3) is 0 Å². The van der Waals surface area contributed by atoms with Crippen molar-refractivity contribution < 1.29 is 5.11 Å². The van der Waals surface area contributed by atoms with Crippen molar-refractivity contribution in [3.05, 3.63) is 29.6 Å². The standard InChI is InChI=1S/C12H20N2O/c1-4-14(8-11(3)15)9-12-7-5-6-10(2)13-12/h5-7,11,15H,4,8-9H2,1-3H3/t11-/m1/s1. The molecule has 84 valence electrons. The van der Waals surface area contributed by atoms with E-state index in [1.54, 1.807) is 0 Å². The Hall–Kier alpha value is -0.930. The quantitative estimate of drug-likeness (QED) is 0.798. The Morgan fingerprint density at radius 3 is 2.73 bits per heavy atom. The predicted octanol–water partition coefficient (Wildman–Crippen LogP) is 1.59. The summed E-state index contributed by atoms with van der Waals surface area (Å²) in [6.45, 7) is 8.34. The van der Waals surface area contributed by atoms with Gasteiger partial charge in [0.15, 0.2) is 0 Å². The number of pyridine rings is 1. The van der Waals surface area contributed by atoms with E-state index in [1.165, 1.54) is 0 Å². The van der Waals surface area contributed by atoms with Crippen LogP contribution in [0.4, 0.5) is 0 Å². The van der Waals surface area contributed by atoms with Crippen LogP contribution in [0.1, 0.15) is 25.2 Å². The van der Waals surface area contributed by atoms with Gasteiger partial charge in [-0.3, -0.25) is 9.88 Å². The van der Waals surface area contributed by atoms with Gasteiger partial charge in [-0.1, -0.05) is 13.0 Å². The van der Waals surface area contributed by atoms with Crippen molar-refractivity contribution in [2.75, 3.05) is 13.1 Å². The molecule has 0 radical (unpaired) electrons. The molecule has 3 heteroatoms. The van der Waals surface area contributed by atoms with Crippen LogP contribution in [0.3, 0.4) is 0 Å². The summed E-state index contributed by atoms with van der Waals surface area (Å²) < 4.78 is 0. The summed E-state index contributed by atoms with van der Waals surface area (Å²) in [5.74, 6) is 0. The SMILES string of the molecule is CCN(Cc1cccc(C)n1)C[C@@H](C)O. The van der Waals surface area contributed by atoms with Crippen molar-refractivity contribution in [3.8, 4) is 0 Å². The summed E-state index contributed by atoms with van der Waals surface area (Å²) in [4.78, 5) is 6.63. The van der Waals surface area contributed by atoms with Gasteiger partial charge < -0.3 is 5.11 Å². The molecule has 0 unspecified atom stereocenters. The zero-order valence-electron chi connectivity index (χ0n) is 9.77. The van der Waals surface area contributed by atoms with Gasteiger partial charge in [0.05, 0.1) is 11.8 Å². The predicted molar refractivity (Wildman–Crippen MR) is 61.6 cm³/mol. The molecule has 1 aromatic heterocycles. The molecular weight excluding hydrogens is 188 g/mol. The monoisotopic (exact) mass is 208 g/mol. The highest BCUT2D eigenvalue weighted by atomic mass is 16.3. The molecule has 0 amide bonds. The first-order valence-corrected chi connectivity index (χ1v) is 5.44. The molecule has 0 aromatic carbocycles. The average molecular weight is 208 g/mol. The molecular formula is C12H20N2O. The van der Waals surface area contributed by atoms with Gasteiger partial charge in [-0.2, -0.15) is 0 Å². The highest BCUT2D eigenvalue weighted by Gasteiger charge is 2.07. The number of rotatable bonds is 5. The largest absolute Gasteiger partial charge is 0.392 e. The average Bonchev–Trinajstić information content (AvgIpc) is 2.16. The lowest BCUT2D eigenvalue weighted by Gasteiger charge is -2.21. The molecule has 1 aromatic rings. The van der Waals surface area contributed by atoms with E-state index in [0.29, 0.717) is 6.54 Å². The maximum atomic E-state index is 9.32. The number of aliphatic hydroxyl groups excluding tert-OH is 1. The molecule has 0 saturated carbocycles. The fourth-order valence-electron chi connectivity index (χ4n) is 1.60. The molecule has 0 fully saturated rings. The maximum absolute atomic E-state index is 9.32. The van der Waals surface area contributed by atoms with Gasteiger partial charge >= 0.3 is 0 Å². The van der Waals surface area contributed by atoms with E-state index >= 15 is 0 Å². The molecule has 1 atom stereocenters. The molecule has 0 saturated heterocycles. The molecule has 0 spiro atoms. The first-order valence-electron chi connectivity index (χ1n) is 5.44. The third kappa shape index (κ3) is 4.40. The van der Waals surface area contributed by atoms with Gasteiger partial charge in [-0.05, 0) is 32.5 Å². The normalized spacial score (nSPS) is 13.1. The lowest BCUT2D eigenvalue weighted by atomic mass is 10.2. The second kappa shape index (κ2) is 5.83. The van der Waals surface area contributed by atoms with Gasteiger partial charge in [0.1, 0.15) is 0 Å². The zero-order chi connectivity index (χ0) is 11.3. The zero-order valence-corrected chi connectivity index (χ0v) is 9.77. The van der Waals surface area contributed by atoms with Gasteiger partial charge in [0.2, 0.25) is 0 Å². The Morgan fingerprint density at radius 1 is 1.47 bits per heavy atom. The molecule has 15 heavy (non-hydrogen) atoms. The Morgan fingerprint density at radius 2 is 2.20 bits per heavy atom. The van der Waals surface area contributed by atoms with Crippen LogP contribution in [0.15, 0.2) is 18.2 Å². The van der Waals surface area contributed by atoms with E-state index in [0.717, 1.165) is 24.5 Å². The summed E-state index contributed by atoms with van der Waals surface area (Å²) in [7, 11) is 0. The number of aryl methyl sites for hydroxylation is 1. The van der Waals surface area contributed by atoms with Crippen molar-refractivity contribution in [2.24, 2.45) is 0 Å². The smallest absolute Gasteiger partial charge is 0.0639 e. The highest BCUT2D eigenvalue weighted by Crippen LogP contribution is 2.03. The van der Waals surface area contributed by atoms with E-state index in [1.807, 2.05) is 32.0 Å². The van der Waals surface area contributed by atoms with E-state index in [2.05, 4.69) is 16.8 Å². The summed E-state index contributed by atoms with van der Waals surface area (Å²) in [5.41, 5.74) is 2.11. The second-order valence-corrected chi connectivity index (χ2v) is 3.95. The minimum Gasteiger partial charge on any atom is -0.392 e. The second-order valence-electron chi connectivity index (χ2n) is 3.95. The number of aliphatic hydroxyl groups is 1. The molecule has 1 heterocycles. The third-order valence-electron chi connectivity index (χ3n) is 2.30. The molecule has 1 N–H and O–H groups in total. The van der Waals surface area contributed by atoms with E-state index < -0.39 is 0 Å². The number of aromatic nitrogens is 1. The van der Waals surface area contributed by atoms with Crippen LogP contribution in [-0.2, 0) is 6.54 Å². The topological polar surface area (TPSA) is 36.4 Å². The van der Waals surface area contributed by atoms with Gasteiger partial charge in [-0.15, -0.1) is 0 Å². The highest BCUT2D eigenvalue weighted by molar-refractivity contribution is 5.09. The molecule has 3 nitrogen and oxygen atoms in total. The Bertz CT molecular complexity index is 299. The van der Waals surface area contributed by atoms with E-state index in [9.17, 15) is 5.11 Å². The van der Waals surface area contributed by atoms with Gasteiger partial charge in [-0.25, -0.2) is 0 Å². The van der Waals surface area contributed by atoms with Crippen LogP contribution in [0.5, 0.6) is 0 Å². The number of hydrogen-bond donors (Lipinski definition) is 1. The number of nitrogens with zero attached hydrogens (tertiary/aromatic N) is 2. The molecule has 0 aliphatic carbocycles. The Balaban J connectivity index is 2.58. The fourth-order valence-corrected chi connectivity index (χ4v) is 1.60. The molecule has 0 aliphatic rings. The summed E-state index contributed by atoms with van der Waals surface area (Å²) >= 11 is 0. The van der Waals surface area contributed by atoms with Gasteiger partial charge in [0.25, 0.3) is 0 Å².